The van der Waals surface area contributed by atoms with E-state index in [0.717, 1.165) is 6.42 Å². The minimum absolute atomic E-state index is 0.0965. The first kappa shape index (κ1) is 34.7. The Morgan fingerprint density at radius 3 is 1.94 bits per heavy atom. The number of hydrogen-bond donors (Lipinski definition) is 0. The van der Waals surface area contributed by atoms with Crippen molar-refractivity contribution < 1.29 is 20.9 Å². The fourth-order valence-corrected chi connectivity index (χ4v) is 29.7. The van der Waals surface area contributed by atoms with Gasteiger partial charge in [-0.05, 0) is 0 Å². The van der Waals surface area contributed by atoms with Gasteiger partial charge in [0.2, 0.25) is 0 Å². The van der Waals surface area contributed by atoms with Crippen LogP contribution in [0.15, 0.2) is 109 Å². The topological polar surface area (TPSA) is 0 Å². The molecule has 1 unspecified atom stereocenters. The number of fused-ring (bicyclic) bond motifs is 6. The molecule has 2 aliphatic rings. The molecule has 0 spiro atoms. The summed E-state index contributed by atoms with van der Waals surface area (Å²) in [5, 5.41) is 5.37. The molecular weight excluding hydrogens is 708 g/mol. The summed E-state index contributed by atoms with van der Waals surface area (Å²) in [5.41, 5.74) is 17.1. The Morgan fingerprint density at radius 2 is 1.31 bits per heavy atom. The van der Waals surface area contributed by atoms with Crippen LogP contribution in [0.5, 0.6) is 0 Å². The van der Waals surface area contributed by atoms with Crippen molar-refractivity contribution in [1.82, 2.24) is 0 Å². The molecule has 6 aromatic rings. The van der Waals surface area contributed by atoms with Gasteiger partial charge in [0.15, 0.2) is 0 Å². The van der Waals surface area contributed by atoms with Crippen LogP contribution < -0.4 is 3.27 Å². The molecular formula is C49H53SiZr. The number of rotatable bonds is 6. The Bertz CT molecular complexity index is 2310. The summed E-state index contributed by atoms with van der Waals surface area (Å²) in [5.74, 6) is -1.05. The molecule has 0 saturated carbocycles. The predicted octanol–water partition coefficient (Wildman–Crippen LogP) is 13.0. The van der Waals surface area contributed by atoms with Gasteiger partial charge in [0.05, 0.1) is 0 Å². The quantitative estimate of drug-likeness (QED) is 0.117. The molecule has 0 fully saturated rings. The van der Waals surface area contributed by atoms with Gasteiger partial charge in [-0.3, -0.25) is 0 Å². The zero-order chi connectivity index (χ0) is 35.8. The molecule has 257 valence electrons. The van der Waals surface area contributed by atoms with Gasteiger partial charge in [-0.15, -0.1) is 0 Å². The van der Waals surface area contributed by atoms with Crippen molar-refractivity contribution >= 4 is 36.8 Å². The van der Waals surface area contributed by atoms with Gasteiger partial charge < -0.3 is 0 Å². The first-order valence-corrected chi connectivity index (χ1v) is 29.1. The summed E-state index contributed by atoms with van der Waals surface area (Å²) in [4.78, 5) is 0. The molecule has 0 heterocycles. The minimum atomic E-state index is -2.35. The molecule has 0 amide bonds. The monoisotopic (exact) mass is 759 g/mol. The maximum absolute atomic E-state index is 2.75. The van der Waals surface area contributed by atoms with E-state index in [4.69, 9.17) is 0 Å². The summed E-state index contributed by atoms with van der Waals surface area (Å²) in [6.07, 6.45) is 6.16. The van der Waals surface area contributed by atoms with Crippen LogP contribution in [0.25, 0.3) is 49.9 Å². The molecule has 0 N–H and O–H groups in total. The molecule has 0 aromatic heterocycles. The van der Waals surface area contributed by atoms with Crippen molar-refractivity contribution in [3.63, 3.8) is 0 Å². The van der Waals surface area contributed by atoms with Crippen molar-refractivity contribution in [1.29, 1.82) is 0 Å². The Balaban J connectivity index is 1.36. The van der Waals surface area contributed by atoms with Gasteiger partial charge in [0.25, 0.3) is 0 Å². The van der Waals surface area contributed by atoms with Crippen LogP contribution in [-0.2, 0) is 38.2 Å². The van der Waals surface area contributed by atoms with Crippen LogP contribution in [0.3, 0.4) is 0 Å². The van der Waals surface area contributed by atoms with Gasteiger partial charge in [0, 0.05) is 0 Å². The molecule has 8 rings (SSSR count). The molecule has 2 aliphatic carbocycles. The van der Waals surface area contributed by atoms with Gasteiger partial charge in [-0.25, -0.2) is 0 Å². The average Bonchev–Trinajstić information content (AvgIpc) is 3.64. The molecule has 0 nitrogen and oxygen atoms in total. The first-order chi connectivity index (χ1) is 24.3. The van der Waals surface area contributed by atoms with Gasteiger partial charge in [-0.2, -0.15) is 0 Å². The van der Waals surface area contributed by atoms with E-state index < -0.39 is 26.8 Å². The Morgan fingerprint density at radius 1 is 0.667 bits per heavy atom. The summed E-state index contributed by atoms with van der Waals surface area (Å²) in [7, 11) is 0. The molecule has 6 aromatic carbocycles. The standard InChI is InChI=1S/C26H21.C21H25.C2H7Si.Zr/c1-2-8-18-15-19-11-7-14-24(25(19)16-18)26-22-12-5-3-9-20(22)17-21-10-4-6-13-23(21)26;1-20(2,3)16-9-7-14-11-15-8-10-17(21(4,5)6)13-19(15)18(14)12-16;1-3-2;/h3-7,9-17H,2,8H2,1H3;7,9-10,12-13H,11H2,1-6H3;3H,1-2H3;. The Hall–Kier alpha value is -3.32. The van der Waals surface area contributed by atoms with E-state index in [2.05, 4.69) is 171 Å². The van der Waals surface area contributed by atoms with Crippen molar-refractivity contribution in [2.45, 2.75) is 95.3 Å². The second-order valence-electron chi connectivity index (χ2n) is 17.6. The Kier molecular flexibility index (Phi) is 8.83. The fraction of sp³-hybridized carbons (Fsp3) is 0.306. The molecule has 0 radical (unpaired) electrons. The van der Waals surface area contributed by atoms with E-state index in [1.54, 1.807) is 22.3 Å². The summed E-state index contributed by atoms with van der Waals surface area (Å²) in [6, 6.07) is 40.5. The molecule has 51 heavy (non-hydrogen) atoms. The van der Waals surface area contributed by atoms with Crippen molar-refractivity contribution in [2.75, 3.05) is 0 Å². The van der Waals surface area contributed by atoms with E-state index in [1.165, 1.54) is 73.3 Å². The average molecular weight is 761 g/mol. The van der Waals surface area contributed by atoms with Crippen LogP contribution in [-0.4, -0.2) is 5.92 Å². The molecule has 1 atom stereocenters. The summed E-state index contributed by atoms with van der Waals surface area (Å²) >= 11 is -2.35. The number of allylic oxidation sites excluding steroid dienone is 1. The predicted molar refractivity (Wildman–Crippen MR) is 223 cm³/mol. The third-order valence-corrected chi connectivity index (χ3v) is 31.8. The van der Waals surface area contributed by atoms with E-state index in [-0.39, 0.29) is 10.8 Å². The third kappa shape index (κ3) is 5.99. The number of hydrogen-bond acceptors (Lipinski definition) is 0. The SMILES string of the molecule is CCCC1=Cc2c(-c3c4ccccc4cc4ccccc34)cccc2[CH]1[Zr]([c]1cc(C(C)(C)C)cc2c1Cc1ccc(C(C)(C)C)cc1-2)[SiH](C)C. The molecule has 0 aliphatic heterocycles. The van der Waals surface area contributed by atoms with Crippen molar-refractivity contribution in [2.24, 2.45) is 0 Å². The molecule has 0 saturated heterocycles. The summed E-state index contributed by atoms with van der Waals surface area (Å²) in [6.45, 7) is 22.1. The molecule has 2 heteroatoms. The van der Waals surface area contributed by atoms with Gasteiger partial charge >= 0.3 is 317 Å². The zero-order valence-corrected chi connectivity index (χ0v) is 35.8. The molecule has 0 bridgehead atoms. The first-order valence-electron chi connectivity index (χ1n) is 19.3. The second-order valence-corrected chi connectivity index (χ2v) is 37.1. The van der Waals surface area contributed by atoms with Crippen LogP contribution in [0.1, 0.15) is 98.3 Å². The van der Waals surface area contributed by atoms with Crippen molar-refractivity contribution in [3.8, 4) is 22.3 Å². The van der Waals surface area contributed by atoms with Gasteiger partial charge in [-0.1, -0.05) is 0 Å². The van der Waals surface area contributed by atoms with E-state index in [1.807, 2.05) is 3.27 Å². The van der Waals surface area contributed by atoms with Gasteiger partial charge in [0.1, 0.15) is 0 Å². The van der Waals surface area contributed by atoms with E-state index in [0.29, 0.717) is 3.63 Å². The van der Waals surface area contributed by atoms with Crippen LogP contribution in [0.4, 0.5) is 0 Å². The number of benzene rings is 6. The van der Waals surface area contributed by atoms with Crippen LogP contribution in [0.2, 0.25) is 13.1 Å². The fourth-order valence-electron chi connectivity index (χ4n) is 9.09. The van der Waals surface area contributed by atoms with Crippen LogP contribution in [0, 0.1) is 0 Å². The van der Waals surface area contributed by atoms with Crippen molar-refractivity contribution in [3.05, 3.63) is 142 Å². The second kappa shape index (κ2) is 13.0. The Labute approximate surface area is 315 Å². The third-order valence-electron chi connectivity index (χ3n) is 11.7. The normalized spacial score (nSPS) is 15.3. The summed E-state index contributed by atoms with van der Waals surface area (Å²) < 4.78 is 2.43. The van der Waals surface area contributed by atoms with E-state index >= 15 is 0 Å². The maximum atomic E-state index is 2.75. The van der Waals surface area contributed by atoms with Crippen LogP contribution >= 0.6 is 0 Å². The van der Waals surface area contributed by atoms with E-state index in [9.17, 15) is 0 Å². The zero-order valence-electron chi connectivity index (χ0n) is 32.2.